The number of halogens is 2. The van der Waals surface area contributed by atoms with Crippen molar-refractivity contribution in [2.45, 2.75) is 57.8 Å². The van der Waals surface area contributed by atoms with Gasteiger partial charge in [0.05, 0.1) is 16.3 Å². The predicted molar refractivity (Wildman–Crippen MR) is 122 cm³/mol. The zero-order chi connectivity index (χ0) is 23.4. The number of hydrogen-bond acceptors (Lipinski definition) is 5. The third-order valence-corrected chi connectivity index (χ3v) is 6.43. The highest BCUT2D eigenvalue weighted by Gasteiger charge is 2.33. The van der Waals surface area contributed by atoms with Crippen LogP contribution in [0.5, 0.6) is 0 Å². The lowest BCUT2D eigenvalue weighted by Crippen LogP contribution is -2.40. The molecule has 172 valence electrons. The van der Waals surface area contributed by atoms with Crippen molar-refractivity contribution in [3.8, 4) is 0 Å². The van der Waals surface area contributed by atoms with Crippen molar-refractivity contribution >= 4 is 35.1 Å². The lowest BCUT2D eigenvalue weighted by atomic mass is 10.1. The Morgan fingerprint density at radius 2 is 1.88 bits per heavy atom. The molecule has 1 saturated carbocycles. The molecule has 1 fully saturated rings. The van der Waals surface area contributed by atoms with Crippen molar-refractivity contribution in [3.05, 3.63) is 67.6 Å². The highest BCUT2D eigenvalue weighted by molar-refractivity contribution is 6.34. The number of hydrogen-bond donors (Lipinski definition) is 1. The van der Waals surface area contributed by atoms with E-state index in [0.717, 1.165) is 24.8 Å². The van der Waals surface area contributed by atoms with E-state index in [-0.39, 0.29) is 34.3 Å². The minimum atomic E-state index is -0.987. The van der Waals surface area contributed by atoms with Crippen LogP contribution < -0.4 is 5.56 Å². The van der Waals surface area contributed by atoms with Crippen molar-refractivity contribution in [2.24, 2.45) is 0 Å². The smallest absolute Gasteiger partial charge is 0.335 e. The monoisotopic (exact) mass is 480 g/mol. The highest BCUT2D eigenvalue weighted by atomic mass is 35.5. The van der Waals surface area contributed by atoms with Gasteiger partial charge in [0.15, 0.2) is 0 Å². The molecule has 0 amide bonds. The first-order chi connectivity index (χ1) is 15.2. The van der Waals surface area contributed by atoms with Crippen LogP contribution >= 0.6 is 23.2 Å². The third kappa shape index (κ3) is 5.71. The van der Waals surface area contributed by atoms with Crippen LogP contribution in [-0.2, 0) is 29.0 Å². The van der Waals surface area contributed by atoms with Gasteiger partial charge in [0, 0.05) is 26.1 Å². The Morgan fingerprint density at radius 3 is 2.50 bits per heavy atom. The Balaban J connectivity index is 1.81. The number of nitrogens with zero attached hydrogens (tertiary/aromatic N) is 2. The Labute approximate surface area is 196 Å². The molecule has 32 heavy (non-hydrogen) atoms. The first kappa shape index (κ1) is 24.3. The number of aromatic nitrogens is 1. The standard InChI is InChI=1S/C23H26Cl2N2O5/c1-14(28)32-21-5-3-4-19(21)26(2)13-20-17(24)12-18(25)22(29)27(20)11-10-15-6-8-16(9-7-15)23(30)31/h6-9,12,19,21H,3-5,10-11,13H2,1-2H3,(H,30,31)/t19-,21-/m1/s1. The second-order valence-electron chi connectivity index (χ2n) is 8.06. The second kappa shape index (κ2) is 10.5. The molecule has 1 aromatic carbocycles. The molecule has 0 radical (unpaired) electrons. The van der Waals surface area contributed by atoms with E-state index in [0.29, 0.717) is 30.2 Å². The summed E-state index contributed by atoms with van der Waals surface area (Å²) >= 11 is 12.6. The number of carbonyl (C=O) groups is 2. The molecular formula is C23H26Cl2N2O5. The fraction of sp³-hybridized carbons (Fsp3) is 0.435. The average molecular weight is 481 g/mol. The van der Waals surface area contributed by atoms with E-state index in [1.165, 1.54) is 25.1 Å². The lowest BCUT2D eigenvalue weighted by Gasteiger charge is -2.30. The van der Waals surface area contributed by atoms with Gasteiger partial charge in [-0.15, -0.1) is 0 Å². The molecule has 1 aliphatic carbocycles. The molecule has 1 aromatic heterocycles. The summed E-state index contributed by atoms with van der Waals surface area (Å²) in [6.07, 6.45) is 2.98. The number of carboxylic acid groups (broad SMARTS) is 1. The van der Waals surface area contributed by atoms with Gasteiger partial charge in [-0.1, -0.05) is 35.3 Å². The molecule has 1 N–H and O–H groups in total. The molecule has 0 aliphatic heterocycles. The highest BCUT2D eigenvalue weighted by Crippen LogP contribution is 2.29. The van der Waals surface area contributed by atoms with Gasteiger partial charge < -0.3 is 14.4 Å². The predicted octanol–water partition coefficient (Wildman–Crippen LogP) is 4.01. The molecule has 0 bridgehead atoms. The van der Waals surface area contributed by atoms with Crippen molar-refractivity contribution in [1.29, 1.82) is 0 Å². The van der Waals surface area contributed by atoms with Crippen molar-refractivity contribution < 1.29 is 19.4 Å². The first-order valence-corrected chi connectivity index (χ1v) is 11.2. The second-order valence-corrected chi connectivity index (χ2v) is 8.87. The van der Waals surface area contributed by atoms with Gasteiger partial charge >= 0.3 is 11.9 Å². The number of aryl methyl sites for hydroxylation is 1. The van der Waals surface area contributed by atoms with Gasteiger partial charge in [0.2, 0.25) is 0 Å². The molecule has 0 unspecified atom stereocenters. The Morgan fingerprint density at radius 1 is 1.19 bits per heavy atom. The van der Waals surface area contributed by atoms with E-state index < -0.39 is 5.97 Å². The number of likely N-dealkylation sites (N-methyl/N-ethyl adjacent to an activating group) is 1. The Kier molecular flexibility index (Phi) is 7.98. The molecule has 7 nitrogen and oxygen atoms in total. The zero-order valence-electron chi connectivity index (χ0n) is 18.0. The number of ether oxygens (including phenoxy) is 1. The van der Waals surface area contributed by atoms with Crippen LogP contribution in [0.4, 0.5) is 0 Å². The van der Waals surface area contributed by atoms with E-state index in [1.54, 1.807) is 16.7 Å². The quantitative estimate of drug-likeness (QED) is 0.574. The number of carbonyl (C=O) groups excluding carboxylic acids is 1. The Hall–Kier alpha value is -2.35. The summed E-state index contributed by atoms with van der Waals surface area (Å²) in [6.45, 7) is 2.14. The fourth-order valence-corrected chi connectivity index (χ4v) is 4.74. The molecule has 1 aliphatic rings. The molecule has 0 spiro atoms. The van der Waals surface area contributed by atoms with Crippen LogP contribution in [0.3, 0.4) is 0 Å². The summed E-state index contributed by atoms with van der Waals surface area (Å²) in [5, 5.41) is 9.49. The van der Waals surface area contributed by atoms with E-state index in [4.69, 9.17) is 33.0 Å². The van der Waals surface area contributed by atoms with Crippen molar-refractivity contribution in [1.82, 2.24) is 9.47 Å². The fourth-order valence-electron chi connectivity index (χ4n) is 4.20. The van der Waals surface area contributed by atoms with Crippen LogP contribution in [-0.4, -0.2) is 45.7 Å². The minimum Gasteiger partial charge on any atom is -0.478 e. The average Bonchev–Trinajstić information content (AvgIpc) is 3.19. The SMILES string of the molecule is CC(=O)O[C@@H]1CCC[C@H]1N(C)Cc1c(Cl)cc(Cl)c(=O)n1CCc1ccc(C(=O)O)cc1. The lowest BCUT2D eigenvalue weighted by molar-refractivity contribution is -0.148. The zero-order valence-corrected chi connectivity index (χ0v) is 19.5. The van der Waals surface area contributed by atoms with E-state index in [2.05, 4.69) is 4.90 Å². The number of pyridine rings is 1. The number of benzene rings is 1. The molecule has 3 rings (SSSR count). The first-order valence-electron chi connectivity index (χ1n) is 10.4. The third-order valence-electron chi connectivity index (χ3n) is 5.83. The van der Waals surface area contributed by atoms with Gasteiger partial charge in [-0.3, -0.25) is 14.5 Å². The van der Waals surface area contributed by atoms with Gasteiger partial charge in [-0.2, -0.15) is 0 Å². The van der Waals surface area contributed by atoms with Crippen molar-refractivity contribution in [2.75, 3.05) is 7.05 Å². The largest absolute Gasteiger partial charge is 0.478 e. The van der Waals surface area contributed by atoms with Gasteiger partial charge in [-0.05, 0) is 56.5 Å². The Bertz CT molecular complexity index is 1050. The van der Waals surface area contributed by atoms with Gasteiger partial charge in [-0.25, -0.2) is 4.79 Å². The molecule has 9 heteroatoms. The molecule has 0 saturated heterocycles. The van der Waals surface area contributed by atoms with E-state index in [9.17, 15) is 14.4 Å². The molecule has 1 heterocycles. The minimum absolute atomic E-state index is 0.0396. The van der Waals surface area contributed by atoms with Crippen LogP contribution in [0.2, 0.25) is 10.0 Å². The molecule has 2 atom stereocenters. The maximum Gasteiger partial charge on any atom is 0.335 e. The number of esters is 1. The summed E-state index contributed by atoms with van der Waals surface area (Å²) < 4.78 is 7.04. The summed E-state index contributed by atoms with van der Waals surface area (Å²) in [4.78, 5) is 37.4. The maximum absolute atomic E-state index is 12.8. The van der Waals surface area contributed by atoms with Crippen LogP contribution in [0, 0.1) is 0 Å². The van der Waals surface area contributed by atoms with Gasteiger partial charge in [0.1, 0.15) is 11.1 Å². The molecule has 2 aromatic rings. The summed E-state index contributed by atoms with van der Waals surface area (Å²) in [5.74, 6) is -1.29. The van der Waals surface area contributed by atoms with Crippen LogP contribution in [0.15, 0.2) is 35.1 Å². The van der Waals surface area contributed by atoms with Crippen LogP contribution in [0.25, 0.3) is 0 Å². The van der Waals surface area contributed by atoms with E-state index in [1.807, 2.05) is 7.05 Å². The summed E-state index contributed by atoms with van der Waals surface area (Å²) in [5.41, 5.74) is 1.41. The van der Waals surface area contributed by atoms with Gasteiger partial charge in [0.25, 0.3) is 5.56 Å². The normalized spacial score (nSPS) is 18.2. The summed E-state index contributed by atoms with van der Waals surface area (Å²) in [6, 6.07) is 8.04. The maximum atomic E-state index is 12.8. The molecular weight excluding hydrogens is 455 g/mol. The number of carboxylic acids is 1. The van der Waals surface area contributed by atoms with Crippen LogP contribution in [0.1, 0.15) is 47.8 Å². The summed E-state index contributed by atoms with van der Waals surface area (Å²) in [7, 11) is 1.93. The number of aromatic carboxylic acids is 1. The number of rotatable bonds is 8. The van der Waals surface area contributed by atoms with Crippen molar-refractivity contribution in [3.63, 3.8) is 0 Å². The van der Waals surface area contributed by atoms with E-state index >= 15 is 0 Å². The topological polar surface area (TPSA) is 88.8 Å².